The number of carbonyl (C=O) groups excluding carboxylic acids is 1. The molecular weight excluding hydrogens is 392 g/mol. The molecule has 2 fully saturated rings. The molecule has 0 aromatic heterocycles. The average molecular weight is 425 g/mol. The van der Waals surface area contributed by atoms with Gasteiger partial charge in [0.1, 0.15) is 12.7 Å². The van der Waals surface area contributed by atoms with Gasteiger partial charge in [0.25, 0.3) is 10.1 Å². The van der Waals surface area contributed by atoms with E-state index in [1.54, 1.807) is 4.90 Å². The number of unbranched alkanes of at least 4 members (excludes halogenated alkanes) is 1. The number of nitrogens with zero attached hydrogens (tertiary/aromatic N) is 2. The van der Waals surface area contributed by atoms with Gasteiger partial charge in [-0.1, -0.05) is 43.2 Å². The molecule has 1 aromatic rings. The van der Waals surface area contributed by atoms with Crippen LogP contribution in [0.25, 0.3) is 0 Å². The number of carbonyl (C=O) groups is 1. The van der Waals surface area contributed by atoms with Crippen molar-refractivity contribution < 1.29 is 22.1 Å². The van der Waals surface area contributed by atoms with Gasteiger partial charge >= 0.3 is 6.09 Å². The average Bonchev–Trinajstić information content (AvgIpc) is 3.05. The van der Waals surface area contributed by atoms with Crippen LogP contribution in [-0.2, 0) is 25.6 Å². The van der Waals surface area contributed by atoms with Crippen LogP contribution in [0.3, 0.4) is 0 Å². The SMILES string of the molecule is CS(=O)(=O)OCC1CN(CCCCC2CCN(Cc3ccccc3)CC2)C(=O)O1. The van der Waals surface area contributed by atoms with E-state index >= 15 is 0 Å². The van der Waals surface area contributed by atoms with Crippen molar-refractivity contribution in [2.45, 2.75) is 44.8 Å². The molecule has 0 N–H and O–H groups in total. The van der Waals surface area contributed by atoms with Crippen LogP contribution in [0, 0.1) is 5.92 Å². The van der Waals surface area contributed by atoms with E-state index in [0.29, 0.717) is 13.1 Å². The Kier molecular flexibility index (Phi) is 7.91. The van der Waals surface area contributed by atoms with Gasteiger partial charge in [-0.05, 0) is 43.8 Å². The Labute approximate surface area is 174 Å². The second kappa shape index (κ2) is 10.4. The second-order valence-corrected chi connectivity index (χ2v) is 9.79. The van der Waals surface area contributed by atoms with Gasteiger partial charge in [0.15, 0.2) is 0 Å². The van der Waals surface area contributed by atoms with E-state index < -0.39 is 16.2 Å². The summed E-state index contributed by atoms with van der Waals surface area (Å²) in [5.41, 5.74) is 1.38. The van der Waals surface area contributed by atoms with Crippen molar-refractivity contribution in [3.05, 3.63) is 35.9 Å². The molecule has 7 nitrogen and oxygen atoms in total. The Bertz CT molecular complexity index is 748. The number of rotatable bonds is 10. The van der Waals surface area contributed by atoms with E-state index in [9.17, 15) is 13.2 Å². The summed E-state index contributed by atoms with van der Waals surface area (Å²) in [5.74, 6) is 0.767. The third-order valence-corrected chi connectivity index (χ3v) is 6.23. The largest absolute Gasteiger partial charge is 0.442 e. The molecule has 2 aliphatic heterocycles. The van der Waals surface area contributed by atoms with Crippen LogP contribution in [0.15, 0.2) is 30.3 Å². The zero-order chi connectivity index (χ0) is 20.7. The summed E-state index contributed by atoms with van der Waals surface area (Å²) >= 11 is 0. The monoisotopic (exact) mass is 424 g/mol. The number of likely N-dealkylation sites (tertiary alicyclic amines) is 1. The maximum Gasteiger partial charge on any atom is 0.410 e. The minimum Gasteiger partial charge on any atom is -0.442 e. The molecule has 0 bridgehead atoms. The molecule has 2 heterocycles. The van der Waals surface area contributed by atoms with E-state index in [2.05, 4.69) is 35.2 Å². The highest BCUT2D eigenvalue weighted by Crippen LogP contribution is 2.24. The van der Waals surface area contributed by atoms with Gasteiger partial charge < -0.3 is 9.64 Å². The van der Waals surface area contributed by atoms with Crippen molar-refractivity contribution in [2.75, 3.05) is 39.0 Å². The summed E-state index contributed by atoms with van der Waals surface area (Å²) in [6.07, 6.45) is 5.83. The molecule has 8 heteroatoms. The van der Waals surface area contributed by atoms with Gasteiger partial charge in [0.05, 0.1) is 12.8 Å². The molecule has 1 amide bonds. The zero-order valence-electron chi connectivity index (χ0n) is 17.2. The van der Waals surface area contributed by atoms with Gasteiger partial charge in [-0.2, -0.15) is 8.42 Å². The standard InChI is InChI=1S/C21H32N2O5S/c1-29(25,26)27-17-20-16-23(21(24)28-20)12-6-5-7-18-10-13-22(14-11-18)15-19-8-3-2-4-9-19/h2-4,8-9,18,20H,5-7,10-17H2,1H3. The molecule has 0 saturated carbocycles. The molecule has 0 radical (unpaired) electrons. The first-order chi connectivity index (χ1) is 13.9. The number of benzene rings is 1. The molecule has 0 spiro atoms. The van der Waals surface area contributed by atoms with E-state index in [0.717, 1.165) is 44.6 Å². The Hall–Kier alpha value is -1.64. The van der Waals surface area contributed by atoms with Crippen LogP contribution in [0.2, 0.25) is 0 Å². The Morgan fingerprint density at radius 3 is 2.55 bits per heavy atom. The minimum atomic E-state index is -3.52. The first-order valence-electron chi connectivity index (χ1n) is 10.5. The van der Waals surface area contributed by atoms with Crippen molar-refractivity contribution in [3.63, 3.8) is 0 Å². The number of hydrogen-bond acceptors (Lipinski definition) is 6. The summed E-state index contributed by atoms with van der Waals surface area (Å²) in [6.45, 7) is 4.28. The van der Waals surface area contributed by atoms with Gasteiger partial charge in [-0.25, -0.2) is 4.79 Å². The fourth-order valence-electron chi connectivity index (χ4n) is 4.05. The predicted octanol–water partition coefficient (Wildman–Crippen LogP) is 2.87. The number of hydrogen-bond donors (Lipinski definition) is 0. The Morgan fingerprint density at radius 2 is 1.86 bits per heavy atom. The first kappa shape index (κ1) is 22.1. The van der Waals surface area contributed by atoms with Gasteiger partial charge in [-0.15, -0.1) is 0 Å². The highest BCUT2D eigenvalue weighted by Gasteiger charge is 2.31. The van der Waals surface area contributed by atoms with Gasteiger partial charge in [0, 0.05) is 13.1 Å². The quantitative estimate of drug-likeness (QED) is 0.425. The third-order valence-electron chi connectivity index (χ3n) is 5.66. The van der Waals surface area contributed by atoms with Crippen molar-refractivity contribution in [1.82, 2.24) is 9.80 Å². The predicted molar refractivity (Wildman–Crippen MR) is 111 cm³/mol. The molecular formula is C21H32N2O5S. The van der Waals surface area contributed by atoms with Crippen molar-refractivity contribution in [3.8, 4) is 0 Å². The number of cyclic esters (lactones) is 1. The zero-order valence-corrected chi connectivity index (χ0v) is 18.0. The lowest BCUT2D eigenvalue weighted by atomic mass is 9.91. The van der Waals surface area contributed by atoms with Crippen molar-refractivity contribution in [1.29, 1.82) is 0 Å². The van der Waals surface area contributed by atoms with Crippen LogP contribution in [-0.4, -0.2) is 69.5 Å². The Balaban J connectivity index is 1.27. The smallest absolute Gasteiger partial charge is 0.410 e. The lowest BCUT2D eigenvalue weighted by Crippen LogP contribution is -2.33. The fraction of sp³-hybridized carbons (Fsp3) is 0.667. The Morgan fingerprint density at radius 1 is 1.14 bits per heavy atom. The van der Waals surface area contributed by atoms with E-state index in [1.807, 2.05) is 0 Å². The molecule has 1 aromatic carbocycles. The summed E-state index contributed by atoms with van der Waals surface area (Å²) in [5, 5.41) is 0. The summed E-state index contributed by atoms with van der Waals surface area (Å²) in [6, 6.07) is 10.6. The summed E-state index contributed by atoms with van der Waals surface area (Å²) in [7, 11) is -3.52. The fourth-order valence-corrected chi connectivity index (χ4v) is 4.45. The third kappa shape index (κ3) is 7.60. The van der Waals surface area contributed by atoms with Gasteiger partial charge in [-0.3, -0.25) is 9.08 Å². The maximum atomic E-state index is 11.9. The highest BCUT2D eigenvalue weighted by atomic mass is 32.2. The van der Waals surface area contributed by atoms with Crippen LogP contribution >= 0.6 is 0 Å². The summed E-state index contributed by atoms with van der Waals surface area (Å²) in [4.78, 5) is 16.1. The molecule has 2 aliphatic rings. The van der Waals surface area contributed by atoms with Crippen molar-refractivity contribution >= 4 is 16.2 Å². The minimum absolute atomic E-state index is 0.109. The van der Waals surface area contributed by atoms with Crippen LogP contribution in [0.1, 0.15) is 37.7 Å². The lowest BCUT2D eigenvalue weighted by molar-refractivity contribution is 0.105. The number of amides is 1. The topological polar surface area (TPSA) is 76.2 Å². The molecule has 1 atom stereocenters. The van der Waals surface area contributed by atoms with Gasteiger partial charge in [0.2, 0.25) is 0 Å². The molecule has 2 saturated heterocycles. The lowest BCUT2D eigenvalue weighted by Gasteiger charge is -2.32. The second-order valence-electron chi connectivity index (χ2n) is 8.14. The van der Waals surface area contributed by atoms with E-state index in [1.165, 1.54) is 24.8 Å². The maximum absolute atomic E-state index is 11.9. The number of ether oxygens (including phenoxy) is 1. The molecule has 162 valence electrons. The van der Waals surface area contributed by atoms with Crippen molar-refractivity contribution in [2.24, 2.45) is 5.92 Å². The first-order valence-corrected chi connectivity index (χ1v) is 12.3. The van der Waals surface area contributed by atoms with Crippen LogP contribution in [0.4, 0.5) is 4.79 Å². The van der Waals surface area contributed by atoms with Crippen LogP contribution < -0.4 is 0 Å². The number of piperidine rings is 1. The summed E-state index contributed by atoms with van der Waals surface area (Å²) < 4.78 is 32.0. The molecule has 3 rings (SSSR count). The van der Waals surface area contributed by atoms with E-state index in [-0.39, 0.29) is 12.7 Å². The molecule has 0 aliphatic carbocycles. The highest BCUT2D eigenvalue weighted by molar-refractivity contribution is 7.85. The molecule has 1 unspecified atom stereocenters. The van der Waals surface area contributed by atoms with E-state index in [4.69, 9.17) is 8.92 Å². The molecule has 29 heavy (non-hydrogen) atoms. The van der Waals surface area contributed by atoms with Crippen LogP contribution in [0.5, 0.6) is 0 Å². The normalized spacial score (nSPS) is 21.5.